The first-order valence-corrected chi connectivity index (χ1v) is 8.59. The molecule has 2 aromatic carbocycles. The first-order valence-electron chi connectivity index (χ1n) is 8.59. The molecule has 2 amide bonds. The second kappa shape index (κ2) is 7.97. The second-order valence-corrected chi connectivity index (χ2v) is 6.40. The summed E-state index contributed by atoms with van der Waals surface area (Å²) >= 11 is 0. The molecule has 0 unspecified atom stereocenters. The summed E-state index contributed by atoms with van der Waals surface area (Å²) in [5, 5.41) is 3.00. The summed E-state index contributed by atoms with van der Waals surface area (Å²) in [5.74, 6) is 0. The Morgan fingerprint density at radius 2 is 1.71 bits per heavy atom. The van der Waals surface area contributed by atoms with Crippen molar-refractivity contribution in [2.24, 2.45) is 0 Å². The van der Waals surface area contributed by atoms with Gasteiger partial charge in [0.25, 0.3) is 0 Å². The molecule has 4 nitrogen and oxygen atoms in total. The fourth-order valence-corrected chi connectivity index (χ4v) is 3.01. The van der Waals surface area contributed by atoms with Crippen LogP contribution in [0.3, 0.4) is 0 Å². The number of urea groups is 1. The van der Waals surface area contributed by atoms with Crippen LogP contribution in [0.4, 0.5) is 10.5 Å². The number of anilines is 1. The molecule has 126 valence electrons. The molecule has 1 fully saturated rings. The molecule has 0 bridgehead atoms. The highest BCUT2D eigenvalue weighted by Crippen LogP contribution is 2.12. The molecule has 1 N–H and O–H groups in total. The lowest BCUT2D eigenvalue weighted by Crippen LogP contribution is -2.38. The highest BCUT2D eigenvalue weighted by Gasteiger charge is 2.19. The molecule has 2 aromatic rings. The highest BCUT2D eigenvalue weighted by atomic mass is 16.2. The molecule has 4 heteroatoms. The van der Waals surface area contributed by atoms with E-state index >= 15 is 0 Å². The van der Waals surface area contributed by atoms with Crippen molar-refractivity contribution in [3.63, 3.8) is 0 Å². The average molecular weight is 323 g/mol. The lowest BCUT2D eigenvalue weighted by molar-refractivity contribution is 0.211. The predicted molar refractivity (Wildman–Crippen MR) is 98.1 cm³/mol. The van der Waals surface area contributed by atoms with Crippen LogP contribution in [0.1, 0.15) is 17.5 Å². The Morgan fingerprint density at radius 3 is 2.46 bits per heavy atom. The Morgan fingerprint density at radius 1 is 0.958 bits per heavy atom. The molecule has 1 aliphatic rings. The number of nitrogens with one attached hydrogen (secondary N) is 1. The molecule has 0 aliphatic carbocycles. The molecular formula is C20H25N3O. The third-order valence-electron chi connectivity index (χ3n) is 4.43. The van der Waals surface area contributed by atoms with Gasteiger partial charge in [0.2, 0.25) is 0 Å². The third kappa shape index (κ3) is 4.59. The SMILES string of the molecule is Cc1ccc(NC(=O)N2CCCN(Cc3ccccc3)CC2)cc1. The van der Waals surface area contributed by atoms with E-state index in [1.54, 1.807) is 0 Å². The van der Waals surface area contributed by atoms with Gasteiger partial charge in [-0.2, -0.15) is 0 Å². The van der Waals surface area contributed by atoms with Crippen LogP contribution < -0.4 is 5.32 Å². The summed E-state index contributed by atoms with van der Waals surface area (Å²) < 4.78 is 0. The van der Waals surface area contributed by atoms with Crippen molar-refractivity contribution in [1.82, 2.24) is 9.80 Å². The Bertz CT molecular complexity index is 654. The first-order chi connectivity index (χ1) is 11.7. The molecule has 1 aliphatic heterocycles. The summed E-state index contributed by atoms with van der Waals surface area (Å²) in [5.41, 5.74) is 3.38. The zero-order valence-electron chi connectivity index (χ0n) is 14.2. The van der Waals surface area contributed by atoms with Gasteiger partial charge in [0.1, 0.15) is 0 Å². The van der Waals surface area contributed by atoms with E-state index in [0.717, 1.165) is 44.8 Å². The summed E-state index contributed by atoms with van der Waals surface area (Å²) in [7, 11) is 0. The van der Waals surface area contributed by atoms with E-state index in [-0.39, 0.29) is 6.03 Å². The summed E-state index contributed by atoms with van der Waals surface area (Å²) in [6.07, 6.45) is 1.01. The minimum absolute atomic E-state index is 0.000383. The van der Waals surface area contributed by atoms with Crippen LogP contribution in [0.25, 0.3) is 0 Å². The van der Waals surface area contributed by atoms with Crippen LogP contribution in [-0.4, -0.2) is 42.0 Å². The summed E-state index contributed by atoms with van der Waals surface area (Å²) in [4.78, 5) is 16.8. The number of aryl methyl sites for hydroxylation is 1. The predicted octanol–water partition coefficient (Wildman–Crippen LogP) is 3.73. The van der Waals surface area contributed by atoms with Crippen molar-refractivity contribution >= 4 is 11.7 Å². The van der Waals surface area contributed by atoms with Gasteiger partial charge in [0.15, 0.2) is 0 Å². The van der Waals surface area contributed by atoms with Crippen LogP contribution >= 0.6 is 0 Å². The summed E-state index contributed by atoms with van der Waals surface area (Å²) in [6, 6.07) is 18.4. The number of benzene rings is 2. The maximum absolute atomic E-state index is 12.5. The molecule has 0 atom stereocenters. The van der Waals surface area contributed by atoms with Crippen molar-refractivity contribution in [2.45, 2.75) is 19.9 Å². The van der Waals surface area contributed by atoms with Crippen molar-refractivity contribution in [1.29, 1.82) is 0 Å². The fraction of sp³-hybridized carbons (Fsp3) is 0.350. The van der Waals surface area contributed by atoms with Gasteiger partial charge in [-0.25, -0.2) is 4.79 Å². The quantitative estimate of drug-likeness (QED) is 0.934. The topological polar surface area (TPSA) is 35.6 Å². The molecule has 0 saturated carbocycles. The lowest BCUT2D eigenvalue weighted by Gasteiger charge is -2.22. The summed E-state index contributed by atoms with van der Waals surface area (Å²) in [6.45, 7) is 6.52. The Hall–Kier alpha value is -2.33. The van der Waals surface area contributed by atoms with Gasteiger partial charge in [-0.1, -0.05) is 48.0 Å². The lowest BCUT2D eigenvalue weighted by atomic mass is 10.2. The van der Waals surface area contributed by atoms with Gasteiger partial charge < -0.3 is 10.2 Å². The van der Waals surface area contributed by atoms with E-state index in [0.29, 0.717) is 0 Å². The maximum Gasteiger partial charge on any atom is 0.321 e. The number of carbonyl (C=O) groups excluding carboxylic acids is 1. The van der Waals surface area contributed by atoms with E-state index < -0.39 is 0 Å². The van der Waals surface area contributed by atoms with Crippen molar-refractivity contribution in [3.8, 4) is 0 Å². The smallest absolute Gasteiger partial charge is 0.321 e. The number of rotatable bonds is 3. The average Bonchev–Trinajstić information content (AvgIpc) is 2.83. The van der Waals surface area contributed by atoms with Gasteiger partial charge in [-0.05, 0) is 31.0 Å². The van der Waals surface area contributed by atoms with Gasteiger partial charge >= 0.3 is 6.03 Å². The molecular weight excluding hydrogens is 298 g/mol. The number of hydrogen-bond acceptors (Lipinski definition) is 2. The van der Waals surface area contributed by atoms with Gasteiger partial charge in [-0.15, -0.1) is 0 Å². The van der Waals surface area contributed by atoms with E-state index in [2.05, 4.69) is 34.5 Å². The molecule has 0 spiro atoms. The standard InChI is InChI=1S/C20H25N3O/c1-17-8-10-19(11-9-17)21-20(24)23-13-5-12-22(14-15-23)16-18-6-3-2-4-7-18/h2-4,6-11H,5,12-16H2,1H3,(H,21,24). The van der Waals surface area contributed by atoms with Crippen molar-refractivity contribution in [3.05, 3.63) is 65.7 Å². The second-order valence-electron chi connectivity index (χ2n) is 6.40. The van der Waals surface area contributed by atoms with Gasteiger partial charge in [-0.3, -0.25) is 4.90 Å². The van der Waals surface area contributed by atoms with Crippen molar-refractivity contribution < 1.29 is 4.79 Å². The van der Waals surface area contributed by atoms with Crippen LogP contribution in [0.5, 0.6) is 0 Å². The largest absolute Gasteiger partial charge is 0.323 e. The molecule has 24 heavy (non-hydrogen) atoms. The first kappa shape index (κ1) is 16.5. The number of carbonyl (C=O) groups is 1. The Kier molecular flexibility index (Phi) is 5.49. The normalized spacial score (nSPS) is 15.8. The molecule has 3 rings (SSSR count). The van der Waals surface area contributed by atoms with Gasteiger partial charge in [0, 0.05) is 38.4 Å². The molecule has 0 aromatic heterocycles. The number of nitrogens with zero attached hydrogens (tertiary/aromatic N) is 2. The van der Waals surface area contributed by atoms with Crippen LogP contribution in [-0.2, 0) is 6.54 Å². The zero-order valence-corrected chi connectivity index (χ0v) is 14.2. The van der Waals surface area contributed by atoms with Crippen LogP contribution in [0.15, 0.2) is 54.6 Å². The Labute approximate surface area is 144 Å². The van der Waals surface area contributed by atoms with Crippen molar-refractivity contribution in [2.75, 3.05) is 31.5 Å². The van der Waals surface area contributed by atoms with E-state index in [4.69, 9.17) is 0 Å². The highest BCUT2D eigenvalue weighted by molar-refractivity contribution is 5.89. The number of hydrogen-bond donors (Lipinski definition) is 1. The van der Waals surface area contributed by atoms with Crippen LogP contribution in [0, 0.1) is 6.92 Å². The molecule has 1 heterocycles. The minimum atomic E-state index is 0.000383. The fourth-order valence-electron chi connectivity index (χ4n) is 3.01. The monoisotopic (exact) mass is 323 g/mol. The number of amides is 2. The van der Waals surface area contributed by atoms with E-state index in [1.807, 2.05) is 42.2 Å². The van der Waals surface area contributed by atoms with E-state index in [9.17, 15) is 4.79 Å². The Balaban J connectivity index is 1.53. The molecule has 0 radical (unpaired) electrons. The third-order valence-corrected chi connectivity index (χ3v) is 4.43. The minimum Gasteiger partial charge on any atom is -0.323 e. The zero-order chi connectivity index (χ0) is 16.8. The van der Waals surface area contributed by atoms with Crippen LogP contribution in [0.2, 0.25) is 0 Å². The van der Waals surface area contributed by atoms with E-state index in [1.165, 1.54) is 11.1 Å². The van der Waals surface area contributed by atoms with Gasteiger partial charge in [0.05, 0.1) is 0 Å². The molecule has 1 saturated heterocycles. The maximum atomic E-state index is 12.5.